The Morgan fingerprint density at radius 1 is 1.29 bits per heavy atom. The van der Waals surface area contributed by atoms with Crippen molar-refractivity contribution in [1.29, 1.82) is 0 Å². The van der Waals surface area contributed by atoms with E-state index in [4.69, 9.17) is 21.3 Å². The zero-order valence-corrected chi connectivity index (χ0v) is 21.2. The van der Waals surface area contributed by atoms with Crippen molar-refractivity contribution in [3.8, 4) is 11.4 Å². The molecule has 2 aromatic heterocycles. The van der Waals surface area contributed by atoms with E-state index in [0.717, 1.165) is 35.2 Å². The van der Waals surface area contributed by atoms with Gasteiger partial charge in [-0.15, -0.1) is 11.3 Å². The van der Waals surface area contributed by atoms with Crippen LogP contribution in [0.15, 0.2) is 63.6 Å². The number of hydrogen-bond acceptors (Lipinski definition) is 7. The average Bonchev–Trinajstić information content (AvgIpc) is 3.45. The summed E-state index contributed by atoms with van der Waals surface area (Å²) in [5, 5.41) is 5.75. The number of aryl methyl sites for hydroxylation is 2. The molecule has 1 amide bonds. The van der Waals surface area contributed by atoms with Gasteiger partial charge in [-0.05, 0) is 66.8 Å². The Kier molecular flexibility index (Phi) is 6.90. The van der Waals surface area contributed by atoms with E-state index in [2.05, 4.69) is 10.5 Å². The Balaban J connectivity index is 1.39. The van der Waals surface area contributed by atoms with E-state index in [0.29, 0.717) is 27.0 Å². The molecule has 0 radical (unpaired) electrons. The number of carbonyl (C=O) groups is 1. The summed E-state index contributed by atoms with van der Waals surface area (Å²) < 4.78 is 6.76. The molecule has 7 nitrogen and oxygen atoms in total. The molecule has 1 aliphatic carbocycles. The molecule has 2 heterocycles. The molecule has 1 N–H and O–H groups in total. The number of hydrazone groups is 1. The number of hydrogen-bond donors (Lipinski definition) is 1. The van der Waals surface area contributed by atoms with Gasteiger partial charge in [-0.25, -0.2) is 10.4 Å². The number of aromatic nitrogens is 2. The van der Waals surface area contributed by atoms with Crippen LogP contribution in [0.25, 0.3) is 15.9 Å². The molecule has 178 valence electrons. The molecule has 5 rings (SSSR count). The third-order valence-electron chi connectivity index (χ3n) is 5.62. The van der Waals surface area contributed by atoms with Crippen LogP contribution >= 0.6 is 34.7 Å². The van der Waals surface area contributed by atoms with Crippen LogP contribution < -0.4 is 15.7 Å². The van der Waals surface area contributed by atoms with Crippen LogP contribution in [0.5, 0.6) is 5.75 Å². The Morgan fingerprint density at radius 2 is 2.11 bits per heavy atom. The first-order chi connectivity index (χ1) is 17.0. The van der Waals surface area contributed by atoms with Crippen LogP contribution in [-0.2, 0) is 17.6 Å². The highest BCUT2D eigenvalue weighted by molar-refractivity contribution is 7.99. The Hall–Kier alpha value is -3.14. The Morgan fingerprint density at radius 3 is 2.91 bits per heavy atom. The number of thiophene rings is 1. The number of carbonyl (C=O) groups excluding carboxylic acids is 1. The van der Waals surface area contributed by atoms with Gasteiger partial charge in [0.05, 0.1) is 30.2 Å². The number of methoxy groups -OCH3 is 1. The number of rotatable bonds is 7. The molecule has 0 atom stereocenters. The second-order valence-corrected chi connectivity index (χ2v) is 10.4. The molecule has 0 saturated heterocycles. The molecular weight excluding hydrogens is 504 g/mol. The fourth-order valence-corrected chi connectivity index (χ4v) is 6.24. The summed E-state index contributed by atoms with van der Waals surface area (Å²) in [6, 6.07) is 14.4. The molecule has 0 aliphatic heterocycles. The number of thioether (sulfide) groups is 1. The van der Waals surface area contributed by atoms with Crippen molar-refractivity contribution < 1.29 is 9.53 Å². The lowest BCUT2D eigenvalue weighted by molar-refractivity contribution is -0.118. The van der Waals surface area contributed by atoms with Crippen LogP contribution in [0.3, 0.4) is 0 Å². The number of ether oxygens (including phenoxy) is 1. The Bertz CT molecular complexity index is 1500. The second kappa shape index (κ2) is 10.2. The van der Waals surface area contributed by atoms with E-state index in [-0.39, 0.29) is 17.2 Å². The van der Waals surface area contributed by atoms with Crippen LogP contribution in [-0.4, -0.2) is 34.5 Å². The summed E-state index contributed by atoms with van der Waals surface area (Å²) in [7, 11) is 1.59. The number of benzene rings is 2. The molecule has 35 heavy (non-hydrogen) atoms. The number of nitrogens with one attached hydrogen (secondary N) is 1. The maximum absolute atomic E-state index is 13.6. The van der Waals surface area contributed by atoms with Gasteiger partial charge in [-0.3, -0.25) is 14.2 Å². The van der Waals surface area contributed by atoms with Crippen molar-refractivity contribution >= 4 is 57.0 Å². The van der Waals surface area contributed by atoms with Crippen LogP contribution in [0.1, 0.15) is 22.4 Å². The topological polar surface area (TPSA) is 85.6 Å². The normalized spacial score (nSPS) is 12.9. The molecule has 1 aliphatic rings. The van der Waals surface area contributed by atoms with Crippen molar-refractivity contribution in [1.82, 2.24) is 15.0 Å². The largest absolute Gasteiger partial charge is 0.497 e. The van der Waals surface area contributed by atoms with Crippen molar-refractivity contribution in [3.05, 3.63) is 79.9 Å². The summed E-state index contributed by atoms with van der Waals surface area (Å²) in [6.07, 6.45) is 4.48. The van der Waals surface area contributed by atoms with Gasteiger partial charge in [0, 0.05) is 9.90 Å². The minimum Gasteiger partial charge on any atom is -0.497 e. The molecule has 0 bridgehead atoms. The molecule has 4 aromatic rings. The first-order valence-electron chi connectivity index (χ1n) is 11.0. The van der Waals surface area contributed by atoms with Gasteiger partial charge in [-0.1, -0.05) is 35.5 Å². The van der Waals surface area contributed by atoms with E-state index < -0.39 is 0 Å². The highest BCUT2D eigenvalue weighted by atomic mass is 35.5. The van der Waals surface area contributed by atoms with Crippen LogP contribution in [0.2, 0.25) is 5.02 Å². The molecular formula is C25H21ClN4O3S2. The fourth-order valence-electron chi connectivity index (χ4n) is 4.00. The van der Waals surface area contributed by atoms with E-state index in [1.54, 1.807) is 53.5 Å². The fraction of sp³-hybridized carbons (Fsp3) is 0.200. The number of amides is 1. The summed E-state index contributed by atoms with van der Waals surface area (Å²) in [5.74, 6) is 0.448. The van der Waals surface area contributed by atoms with Gasteiger partial charge < -0.3 is 4.74 Å². The van der Waals surface area contributed by atoms with E-state index >= 15 is 0 Å². The standard InChI is InChI=1S/C25H21ClN4O3S2/c1-33-18-5-2-4-15(12-18)13-27-29-21(31)14-34-25-28-23-22(19-6-3-7-20(19)35-23)24(32)30(25)17-10-8-16(26)9-11-17/h2,4-5,8-13H,3,6-7,14H2,1H3,(H,29,31). The zero-order valence-electron chi connectivity index (χ0n) is 18.8. The van der Waals surface area contributed by atoms with E-state index in [9.17, 15) is 9.59 Å². The van der Waals surface area contributed by atoms with Crippen molar-refractivity contribution in [2.45, 2.75) is 24.4 Å². The average molecular weight is 525 g/mol. The van der Waals surface area contributed by atoms with Gasteiger partial charge in [0.1, 0.15) is 10.6 Å². The molecule has 10 heteroatoms. The molecule has 2 aromatic carbocycles. The monoisotopic (exact) mass is 524 g/mol. The number of nitrogens with zero attached hydrogens (tertiary/aromatic N) is 3. The summed E-state index contributed by atoms with van der Waals surface area (Å²) >= 11 is 8.84. The second-order valence-electron chi connectivity index (χ2n) is 7.91. The molecule has 0 unspecified atom stereocenters. The summed E-state index contributed by atoms with van der Waals surface area (Å²) in [4.78, 5) is 32.9. The SMILES string of the molecule is COc1cccc(C=NNC(=O)CSc2nc3sc4c(c3c(=O)n2-c2ccc(Cl)cc2)CCC4)c1. The zero-order chi connectivity index (χ0) is 24.4. The third kappa shape index (κ3) is 4.98. The minimum atomic E-state index is -0.306. The van der Waals surface area contributed by atoms with Gasteiger partial charge in [0.25, 0.3) is 11.5 Å². The minimum absolute atomic E-state index is 0.0477. The predicted octanol–water partition coefficient (Wildman–Crippen LogP) is 4.84. The lowest BCUT2D eigenvalue weighted by Gasteiger charge is -2.12. The highest BCUT2D eigenvalue weighted by Crippen LogP contribution is 2.36. The first kappa shape index (κ1) is 23.6. The van der Waals surface area contributed by atoms with Gasteiger partial charge in [0.15, 0.2) is 5.16 Å². The van der Waals surface area contributed by atoms with E-state index in [1.807, 2.05) is 24.3 Å². The van der Waals surface area contributed by atoms with Crippen molar-refractivity contribution in [2.24, 2.45) is 5.10 Å². The number of fused-ring (bicyclic) bond motifs is 3. The maximum atomic E-state index is 13.6. The van der Waals surface area contributed by atoms with Gasteiger partial charge >= 0.3 is 0 Å². The molecule has 0 saturated carbocycles. The predicted molar refractivity (Wildman–Crippen MR) is 142 cm³/mol. The first-order valence-corrected chi connectivity index (χ1v) is 13.1. The smallest absolute Gasteiger partial charge is 0.267 e. The maximum Gasteiger partial charge on any atom is 0.267 e. The lowest BCUT2D eigenvalue weighted by Crippen LogP contribution is -2.24. The van der Waals surface area contributed by atoms with E-state index in [1.165, 1.54) is 16.6 Å². The molecule has 0 spiro atoms. The summed E-state index contributed by atoms with van der Waals surface area (Å²) in [5.41, 5.74) is 4.99. The van der Waals surface area contributed by atoms with Crippen molar-refractivity contribution in [3.63, 3.8) is 0 Å². The van der Waals surface area contributed by atoms with Gasteiger partial charge in [-0.2, -0.15) is 5.10 Å². The van der Waals surface area contributed by atoms with Crippen LogP contribution in [0.4, 0.5) is 0 Å². The van der Waals surface area contributed by atoms with Crippen molar-refractivity contribution in [2.75, 3.05) is 12.9 Å². The summed E-state index contributed by atoms with van der Waals surface area (Å²) in [6.45, 7) is 0. The molecule has 0 fully saturated rings. The Labute approximate surface area is 214 Å². The highest BCUT2D eigenvalue weighted by Gasteiger charge is 2.24. The van der Waals surface area contributed by atoms with Crippen LogP contribution in [0, 0.1) is 0 Å². The quantitative estimate of drug-likeness (QED) is 0.162. The van der Waals surface area contributed by atoms with Gasteiger partial charge in [0.2, 0.25) is 0 Å². The third-order valence-corrected chi connectivity index (χ3v) is 8.00. The number of halogens is 1. The lowest BCUT2D eigenvalue weighted by atomic mass is 10.2.